The summed E-state index contributed by atoms with van der Waals surface area (Å²) < 4.78 is 0. The minimum Gasteiger partial charge on any atom is -0.0853 e. The molecule has 0 nitrogen and oxygen atoms in total. The molecular weight excluding hydrogens is 204 g/mol. The fourth-order valence-corrected chi connectivity index (χ4v) is 3.95. The van der Waals surface area contributed by atoms with Gasteiger partial charge in [-0.15, -0.1) is 0 Å². The van der Waals surface area contributed by atoms with Crippen molar-refractivity contribution >= 4 is 0 Å². The molecule has 0 amide bonds. The molecule has 0 bridgehead atoms. The Morgan fingerprint density at radius 3 is 2.35 bits per heavy atom. The lowest BCUT2D eigenvalue weighted by Gasteiger charge is -2.33. The first-order valence-electron chi connectivity index (χ1n) is 7.75. The zero-order valence-electron chi connectivity index (χ0n) is 12.1. The molecule has 0 radical (unpaired) electrons. The molecule has 2 aliphatic carbocycles. The molecule has 2 rings (SSSR count). The Labute approximate surface area is 108 Å². The van der Waals surface area contributed by atoms with Gasteiger partial charge in [0.1, 0.15) is 0 Å². The van der Waals surface area contributed by atoms with Crippen LogP contribution in [0.2, 0.25) is 0 Å². The minimum absolute atomic E-state index is 0.561. The maximum absolute atomic E-state index is 2.55. The Morgan fingerprint density at radius 1 is 1.06 bits per heavy atom. The van der Waals surface area contributed by atoms with Crippen LogP contribution in [0.25, 0.3) is 0 Å². The van der Waals surface area contributed by atoms with Gasteiger partial charge in [0.15, 0.2) is 0 Å². The summed E-state index contributed by atoms with van der Waals surface area (Å²) in [6, 6.07) is 0. The van der Waals surface area contributed by atoms with E-state index in [0.717, 1.165) is 11.8 Å². The van der Waals surface area contributed by atoms with Crippen LogP contribution in [0, 0.1) is 17.3 Å². The fraction of sp³-hybridized carbons (Fsp3) is 0.882. The van der Waals surface area contributed by atoms with Crippen LogP contribution in [0.3, 0.4) is 0 Å². The maximum Gasteiger partial charge on any atom is -0.0173 e. The van der Waals surface area contributed by atoms with Crippen LogP contribution in [0.5, 0.6) is 0 Å². The van der Waals surface area contributed by atoms with Gasteiger partial charge in [-0.1, -0.05) is 51.2 Å². The summed E-state index contributed by atoms with van der Waals surface area (Å²) in [5, 5.41) is 0. The van der Waals surface area contributed by atoms with Crippen molar-refractivity contribution in [1.29, 1.82) is 0 Å². The van der Waals surface area contributed by atoms with Gasteiger partial charge in [-0.3, -0.25) is 0 Å². The molecule has 0 spiro atoms. The molecule has 1 atom stereocenters. The van der Waals surface area contributed by atoms with Crippen LogP contribution in [0.4, 0.5) is 0 Å². The molecule has 2 aliphatic rings. The van der Waals surface area contributed by atoms with Crippen LogP contribution in [-0.2, 0) is 0 Å². The van der Waals surface area contributed by atoms with Gasteiger partial charge in [0, 0.05) is 0 Å². The Balaban J connectivity index is 2.09. The van der Waals surface area contributed by atoms with Crippen molar-refractivity contribution in [3.8, 4) is 0 Å². The molecule has 1 fully saturated rings. The Bertz CT molecular complexity index is 264. The highest BCUT2D eigenvalue weighted by Gasteiger charge is 2.31. The third-order valence-electron chi connectivity index (χ3n) is 5.11. The van der Waals surface area contributed by atoms with Gasteiger partial charge in [-0.2, -0.15) is 0 Å². The topological polar surface area (TPSA) is 0 Å². The van der Waals surface area contributed by atoms with E-state index in [1.54, 1.807) is 5.57 Å². The number of hydrogen-bond donors (Lipinski definition) is 0. The highest BCUT2D eigenvalue weighted by molar-refractivity contribution is 5.09. The van der Waals surface area contributed by atoms with E-state index in [4.69, 9.17) is 0 Å². The fourth-order valence-electron chi connectivity index (χ4n) is 3.95. The lowest BCUT2D eigenvalue weighted by molar-refractivity contribution is 0.216. The summed E-state index contributed by atoms with van der Waals surface area (Å²) in [7, 11) is 0. The van der Waals surface area contributed by atoms with Crippen molar-refractivity contribution in [3.05, 3.63) is 11.6 Å². The van der Waals surface area contributed by atoms with Crippen LogP contribution in [0.1, 0.15) is 78.6 Å². The van der Waals surface area contributed by atoms with E-state index < -0.39 is 0 Å². The third kappa shape index (κ3) is 3.60. The number of rotatable bonds is 1. The smallest absolute Gasteiger partial charge is 0.0173 e. The quantitative estimate of drug-likeness (QED) is 0.401. The van der Waals surface area contributed by atoms with Crippen molar-refractivity contribution in [3.63, 3.8) is 0 Å². The molecule has 17 heavy (non-hydrogen) atoms. The van der Waals surface area contributed by atoms with E-state index >= 15 is 0 Å². The largest absolute Gasteiger partial charge is 0.0853 e. The van der Waals surface area contributed by atoms with E-state index in [0.29, 0.717) is 5.41 Å². The van der Waals surface area contributed by atoms with Gasteiger partial charge in [-0.25, -0.2) is 0 Å². The van der Waals surface area contributed by atoms with Gasteiger partial charge in [-0.05, 0) is 56.3 Å². The molecule has 0 heterocycles. The summed E-state index contributed by atoms with van der Waals surface area (Å²) >= 11 is 0. The van der Waals surface area contributed by atoms with Crippen LogP contribution in [0.15, 0.2) is 11.6 Å². The van der Waals surface area contributed by atoms with Gasteiger partial charge < -0.3 is 0 Å². The van der Waals surface area contributed by atoms with Crippen LogP contribution < -0.4 is 0 Å². The summed E-state index contributed by atoms with van der Waals surface area (Å²) in [6.45, 7) is 7.35. The molecule has 0 heteroatoms. The SMILES string of the molecule is CC1=CCCC(C)(C)CC1C1CCCCCC1. The lowest BCUT2D eigenvalue weighted by Crippen LogP contribution is -2.22. The summed E-state index contributed by atoms with van der Waals surface area (Å²) in [5.41, 5.74) is 2.27. The van der Waals surface area contributed by atoms with Crippen LogP contribution >= 0.6 is 0 Å². The number of allylic oxidation sites excluding steroid dienone is 2. The average molecular weight is 234 g/mol. The van der Waals surface area contributed by atoms with E-state index in [1.165, 1.54) is 57.8 Å². The van der Waals surface area contributed by atoms with Gasteiger partial charge in [0.05, 0.1) is 0 Å². The molecule has 0 aromatic heterocycles. The van der Waals surface area contributed by atoms with Crippen molar-refractivity contribution in [2.24, 2.45) is 17.3 Å². The Kier molecular flexibility index (Phi) is 4.33. The predicted molar refractivity (Wildman–Crippen MR) is 76.1 cm³/mol. The van der Waals surface area contributed by atoms with Crippen LogP contribution in [-0.4, -0.2) is 0 Å². The maximum atomic E-state index is 2.55. The first kappa shape index (κ1) is 13.2. The Hall–Kier alpha value is -0.260. The molecule has 1 unspecified atom stereocenters. The van der Waals surface area contributed by atoms with Crippen molar-refractivity contribution in [2.75, 3.05) is 0 Å². The third-order valence-corrected chi connectivity index (χ3v) is 5.11. The predicted octanol–water partition coefficient (Wildman–Crippen LogP) is 5.73. The first-order chi connectivity index (χ1) is 8.08. The van der Waals surface area contributed by atoms with Crippen molar-refractivity contribution in [1.82, 2.24) is 0 Å². The standard InChI is InChI=1S/C17H30/c1-14-9-8-12-17(2,3)13-16(14)15-10-6-4-5-7-11-15/h9,15-16H,4-8,10-13H2,1-3H3. The molecule has 1 saturated carbocycles. The first-order valence-corrected chi connectivity index (χ1v) is 7.75. The normalized spacial score (nSPS) is 31.5. The zero-order chi connectivity index (χ0) is 12.3. The second kappa shape index (κ2) is 5.59. The summed E-state index contributed by atoms with van der Waals surface area (Å²) in [5.74, 6) is 1.89. The monoisotopic (exact) mass is 234 g/mol. The second-order valence-electron chi connectivity index (χ2n) is 7.21. The molecule has 98 valence electrons. The minimum atomic E-state index is 0.561. The van der Waals surface area contributed by atoms with Gasteiger partial charge in [0.2, 0.25) is 0 Å². The molecule has 0 aromatic carbocycles. The molecule has 0 aromatic rings. The highest BCUT2D eigenvalue weighted by atomic mass is 14.4. The van der Waals surface area contributed by atoms with E-state index in [-0.39, 0.29) is 0 Å². The zero-order valence-corrected chi connectivity index (χ0v) is 12.1. The molecule has 0 saturated heterocycles. The highest BCUT2D eigenvalue weighted by Crippen LogP contribution is 2.43. The van der Waals surface area contributed by atoms with Crippen molar-refractivity contribution < 1.29 is 0 Å². The van der Waals surface area contributed by atoms with E-state index in [1.807, 2.05) is 0 Å². The lowest BCUT2D eigenvalue weighted by atomic mass is 9.72. The second-order valence-corrected chi connectivity index (χ2v) is 7.21. The Morgan fingerprint density at radius 2 is 1.71 bits per heavy atom. The average Bonchev–Trinajstić information content (AvgIpc) is 2.59. The number of hydrogen-bond acceptors (Lipinski definition) is 0. The molecule has 0 aliphatic heterocycles. The summed E-state index contributed by atoms with van der Waals surface area (Å²) in [6.07, 6.45) is 15.6. The molecular formula is C17H30. The summed E-state index contributed by atoms with van der Waals surface area (Å²) in [4.78, 5) is 0. The molecule has 0 N–H and O–H groups in total. The van der Waals surface area contributed by atoms with Gasteiger partial charge in [0.25, 0.3) is 0 Å². The van der Waals surface area contributed by atoms with Gasteiger partial charge >= 0.3 is 0 Å². The van der Waals surface area contributed by atoms with Crippen molar-refractivity contribution in [2.45, 2.75) is 78.6 Å². The van der Waals surface area contributed by atoms with E-state index in [2.05, 4.69) is 26.8 Å². The van der Waals surface area contributed by atoms with E-state index in [9.17, 15) is 0 Å².